The van der Waals surface area contributed by atoms with Crippen molar-refractivity contribution in [1.82, 2.24) is 9.62 Å². The van der Waals surface area contributed by atoms with Crippen LogP contribution < -0.4 is 11.1 Å². The lowest BCUT2D eigenvalue weighted by Gasteiger charge is -2.24. The molecular weight excluding hydrogens is 492 g/mol. The first kappa shape index (κ1) is 23.9. The molecule has 1 aromatic carbocycles. The van der Waals surface area contributed by atoms with Gasteiger partial charge < -0.3 is 16.2 Å². The molecule has 1 amide bonds. The molecule has 0 radical (unpaired) electrons. The number of hydrogen-bond donors (Lipinski definition) is 3. The average molecular weight is 510 g/mol. The number of benzene rings is 1. The maximum absolute atomic E-state index is 13.1. The van der Waals surface area contributed by atoms with Crippen LogP contribution in [0.25, 0.3) is 0 Å². The van der Waals surface area contributed by atoms with Crippen molar-refractivity contribution in [1.29, 1.82) is 0 Å². The molecule has 3 rings (SSSR count). The van der Waals surface area contributed by atoms with Crippen LogP contribution in [0.2, 0.25) is 9.36 Å². The Bertz CT molecular complexity index is 1070. The minimum absolute atomic E-state index is 0.0147. The van der Waals surface area contributed by atoms with Gasteiger partial charge in [-0.1, -0.05) is 35.3 Å². The van der Waals surface area contributed by atoms with Gasteiger partial charge in [0, 0.05) is 19.0 Å². The number of carbonyl (C=O) groups excluding carboxylic acids is 1. The van der Waals surface area contributed by atoms with E-state index in [0.29, 0.717) is 5.56 Å². The van der Waals surface area contributed by atoms with Crippen LogP contribution in [-0.2, 0) is 26.0 Å². The summed E-state index contributed by atoms with van der Waals surface area (Å²) in [6.45, 7) is -0.122. The summed E-state index contributed by atoms with van der Waals surface area (Å²) in [5.74, 6) is -2.58. The first-order valence-electron chi connectivity index (χ1n) is 8.99. The van der Waals surface area contributed by atoms with Crippen molar-refractivity contribution in [3.63, 3.8) is 0 Å². The molecule has 0 aliphatic carbocycles. The van der Waals surface area contributed by atoms with Crippen LogP contribution in [0.1, 0.15) is 12.0 Å². The van der Waals surface area contributed by atoms with Crippen LogP contribution >= 0.6 is 34.5 Å². The molecule has 0 spiro atoms. The summed E-state index contributed by atoms with van der Waals surface area (Å²) in [4.78, 5) is 24.5. The third kappa shape index (κ3) is 5.36. The number of carbonyl (C=O) groups is 2. The number of hydrogen-bond acceptors (Lipinski definition) is 6. The summed E-state index contributed by atoms with van der Waals surface area (Å²) in [6, 6.07) is 3.21. The van der Waals surface area contributed by atoms with E-state index < -0.39 is 45.8 Å². The van der Waals surface area contributed by atoms with Gasteiger partial charge in [0.25, 0.3) is 10.0 Å². The second-order valence-corrected chi connectivity index (χ2v) is 11.2. The highest BCUT2D eigenvalue weighted by molar-refractivity contribution is 7.91. The molecule has 1 fully saturated rings. The topological polar surface area (TPSA) is 130 Å². The van der Waals surface area contributed by atoms with Crippen molar-refractivity contribution < 1.29 is 27.5 Å². The van der Waals surface area contributed by atoms with Gasteiger partial charge >= 0.3 is 5.97 Å². The van der Waals surface area contributed by atoms with E-state index in [1.807, 2.05) is 0 Å². The van der Waals surface area contributed by atoms with Crippen LogP contribution in [0.15, 0.2) is 34.5 Å². The van der Waals surface area contributed by atoms with Crippen LogP contribution in [0, 0.1) is 5.82 Å². The fourth-order valence-electron chi connectivity index (χ4n) is 3.23. The van der Waals surface area contributed by atoms with Crippen molar-refractivity contribution in [2.24, 2.45) is 5.73 Å². The third-order valence-corrected chi connectivity index (χ3v) is 8.93. The molecule has 1 saturated heterocycles. The van der Waals surface area contributed by atoms with Gasteiger partial charge in [0.15, 0.2) is 0 Å². The normalized spacial score (nSPS) is 20.5. The quantitative estimate of drug-likeness (QED) is 0.523. The Morgan fingerprint density at radius 1 is 1.32 bits per heavy atom. The maximum Gasteiger partial charge on any atom is 0.326 e. The van der Waals surface area contributed by atoms with E-state index in [0.717, 1.165) is 15.6 Å². The summed E-state index contributed by atoms with van der Waals surface area (Å²) in [6.07, 6.45) is -0.0934. The van der Waals surface area contributed by atoms with Gasteiger partial charge in [-0.3, -0.25) is 4.79 Å². The van der Waals surface area contributed by atoms with Crippen LogP contribution in [0.5, 0.6) is 0 Å². The van der Waals surface area contributed by atoms with Gasteiger partial charge in [-0.2, -0.15) is 4.31 Å². The molecule has 1 aliphatic rings. The van der Waals surface area contributed by atoms with Crippen molar-refractivity contribution in [3.8, 4) is 0 Å². The number of carboxylic acid groups (broad SMARTS) is 1. The fourth-order valence-corrected chi connectivity index (χ4v) is 6.90. The number of thiophene rings is 1. The molecule has 2 unspecified atom stereocenters. The number of halogens is 3. The van der Waals surface area contributed by atoms with E-state index in [-0.39, 0.29) is 33.0 Å². The molecule has 13 heteroatoms. The molecule has 31 heavy (non-hydrogen) atoms. The molecular formula is C18H18Cl2FN3O5S2. The first-order valence-corrected chi connectivity index (χ1v) is 12.0. The van der Waals surface area contributed by atoms with E-state index in [2.05, 4.69) is 5.32 Å². The lowest BCUT2D eigenvalue weighted by Crippen LogP contribution is -2.51. The van der Waals surface area contributed by atoms with Crippen molar-refractivity contribution in [2.75, 3.05) is 6.54 Å². The van der Waals surface area contributed by atoms with Crippen LogP contribution in [0.3, 0.4) is 0 Å². The monoisotopic (exact) mass is 509 g/mol. The van der Waals surface area contributed by atoms with E-state index in [9.17, 15) is 27.5 Å². The van der Waals surface area contributed by atoms with Crippen molar-refractivity contribution in [2.45, 2.75) is 35.2 Å². The average Bonchev–Trinajstić information content (AvgIpc) is 3.26. The highest BCUT2D eigenvalue weighted by atomic mass is 35.5. The standard InChI is InChI=1S/C18H18Cl2FN3O5S2/c19-12-7-15(30-16(12)20)31(28,29)24-8-11(22)6-14(24)17(25)23-13(18(26)27)5-9-1-3-10(21)4-2-9/h1-4,7,11,13-14H,5-6,8,22H2,(H,23,25)(H,26,27)/t11-,13?,14?/m1/s1. The molecule has 0 bridgehead atoms. The third-order valence-electron chi connectivity index (χ3n) is 4.74. The minimum Gasteiger partial charge on any atom is -0.480 e. The Balaban J connectivity index is 1.80. The molecule has 8 nitrogen and oxygen atoms in total. The molecule has 2 heterocycles. The molecule has 0 saturated carbocycles. The highest BCUT2D eigenvalue weighted by Crippen LogP contribution is 2.37. The zero-order valence-electron chi connectivity index (χ0n) is 15.8. The Morgan fingerprint density at radius 3 is 2.52 bits per heavy atom. The SMILES string of the molecule is N[C@@H]1CC(C(=O)NC(Cc2ccc(F)cc2)C(=O)O)N(S(=O)(=O)c2cc(Cl)c(Cl)s2)C1. The Kier molecular flexibility index (Phi) is 7.24. The van der Waals surface area contributed by atoms with E-state index in [4.69, 9.17) is 28.9 Å². The predicted molar refractivity (Wildman–Crippen MR) is 114 cm³/mol. The Labute approximate surface area is 191 Å². The van der Waals surface area contributed by atoms with Gasteiger partial charge in [0.2, 0.25) is 5.91 Å². The van der Waals surface area contributed by atoms with Gasteiger partial charge in [0.05, 0.1) is 5.02 Å². The van der Waals surface area contributed by atoms with E-state index in [1.165, 1.54) is 30.3 Å². The summed E-state index contributed by atoms with van der Waals surface area (Å²) < 4.78 is 40.0. The maximum atomic E-state index is 13.1. The Morgan fingerprint density at radius 2 is 1.97 bits per heavy atom. The minimum atomic E-state index is -4.13. The zero-order chi connectivity index (χ0) is 22.9. The lowest BCUT2D eigenvalue weighted by atomic mass is 10.1. The van der Waals surface area contributed by atoms with Crippen molar-refractivity contribution >= 4 is 56.4 Å². The molecule has 2 aromatic rings. The van der Waals surface area contributed by atoms with Gasteiger partial charge in [-0.15, -0.1) is 11.3 Å². The number of carboxylic acids is 1. The number of rotatable bonds is 7. The smallest absolute Gasteiger partial charge is 0.326 e. The van der Waals surface area contributed by atoms with E-state index in [1.54, 1.807) is 0 Å². The highest BCUT2D eigenvalue weighted by Gasteiger charge is 2.44. The van der Waals surface area contributed by atoms with Gasteiger partial charge in [-0.25, -0.2) is 17.6 Å². The van der Waals surface area contributed by atoms with Crippen LogP contribution in [0.4, 0.5) is 4.39 Å². The second-order valence-electron chi connectivity index (χ2n) is 7.00. The van der Waals surface area contributed by atoms with Gasteiger partial charge in [-0.05, 0) is 30.2 Å². The molecule has 4 N–H and O–H groups in total. The summed E-state index contributed by atoms with van der Waals surface area (Å²) in [7, 11) is -4.13. The molecule has 168 valence electrons. The molecule has 1 aliphatic heterocycles. The largest absolute Gasteiger partial charge is 0.480 e. The summed E-state index contributed by atoms with van der Waals surface area (Å²) in [5.41, 5.74) is 6.40. The molecule has 1 aromatic heterocycles. The summed E-state index contributed by atoms with van der Waals surface area (Å²) in [5, 5.41) is 11.9. The number of nitrogens with two attached hydrogens (primary N) is 1. The second kappa shape index (κ2) is 9.39. The number of sulfonamides is 1. The Hall–Kier alpha value is -1.76. The van der Waals surface area contributed by atoms with Crippen LogP contribution in [-0.4, -0.2) is 54.4 Å². The van der Waals surface area contributed by atoms with Gasteiger partial charge in [0.1, 0.15) is 26.4 Å². The number of amides is 1. The fraction of sp³-hybridized carbons (Fsp3) is 0.333. The van der Waals surface area contributed by atoms with E-state index >= 15 is 0 Å². The van der Waals surface area contributed by atoms with Crippen molar-refractivity contribution in [3.05, 3.63) is 51.1 Å². The number of nitrogens with one attached hydrogen (secondary N) is 1. The molecule has 3 atom stereocenters. The summed E-state index contributed by atoms with van der Waals surface area (Å²) >= 11 is 12.5. The zero-order valence-corrected chi connectivity index (χ0v) is 18.9. The number of aliphatic carboxylic acids is 1. The predicted octanol–water partition coefficient (Wildman–Crippen LogP) is 2.10. The number of nitrogens with zero attached hydrogens (tertiary/aromatic N) is 1. The first-order chi connectivity index (χ1) is 14.5. The lowest BCUT2D eigenvalue weighted by molar-refractivity contribution is -0.142.